The molecule has 0 bridgehead atoms. The summed E-state index contributed by atoms with van der Waals surface area (Å²) < 4.78 is 17.2. The Morgan fingerprint density at radius 2 is 2.17 bits per heavy atom. The van der Waals surface area contributed by atoms with Gasteiger partial charge in [-0.15, -0.1) is 0 Å². The van der Waals surface area contributed by atoms with Gasteiger partial charge in [0.1, 0.15) is 11.9 Å². The van der Waals surface area contributed by atoms with Gasteiger partial charge in [-0.25, -0.2) is 4.39 Å². The van der Waals surface area contributed by atoms with E-state index < -0.39 is 30.4 Å². The Balaban J connectivity index is 2.92. The number of hydrogen-bond donors (Lipinski definition) is 2. The maximum absolute atomic E-state index is 12.9. The molecule has 0 radical (unpaired) electrons. The molecule has 2 atom stereocenters. The maximum Gasteiger partial charge on any atom is 0.308 e. The molecular weight excluding hydrogens is 243 g/mol. The van der Waals surface area contributed by atoms with Crippen molar-refractivity contribution in [1.82, 2.24) is 0 Å². The lowest BCUT2D eigenvalue weighted by molar-refractivity contribution is -0.144. The molecule has 1 aromatic rings. The van der Waals surface area contributed by atoms with E-state index in [1.54, 1.807) is 0 Å². The zero-order valence-electron chi connectivity index (χ0n) is 9.67. The molecular formula is C12H13FO5. The van der Waals surface area contributed by atoms with Crippen LogP contribution in [0.15, 0.2) is 18.2 Å². The number of aldehydes is 1. The molecule has 0 aliphatic heterocycles. The van der Waals surface area contributed by atoms with Crippen LogP contribution in [0.2, 0.25) is 0 Å². The largest absolute Gasteiger partial charge is 0.469 e. The third-order valence-electron chi connectivity index (χ3n) is 2.46. The molecule has 98 valence electrons. The minimum absolute atomic E-state index is 0.0582. The minimum Gasteiger partial charge on any atom is -0.469 e. The Morgan fingerprint density at radius 3 is 2.72 bits per heavy atom. The van der Waals surface area contributed by atoms with Crippen LogP contribution in [-0.2, 0) is 9.53 Å². The van der Waals surface area contributed by atoms with Gasteiger partial charge in [0, 0.05) is 5.56 Å². The van der Waals surface area contributed by atoms with Crippen LogP contribution in [-0.4, -0.2) is 35.7 Å². The minimum atomic E-state index is -1.47. The number of hydrogen-bond acceptors (Lipinski definition) is 5. The summed E-state index contributed by atoms with van der Waals surface area (Å²) in [4.78, 5) is 21.7. The van der Waals surface area contributed by atoms with Gasteiger partial charge in [0.25, 0.3) is 0 Å². The van der Waals surface area contributed by atoms with Gasteiger partial charge in [0.05, 0.1) is 19.6 Å². The number of benzene rings is 1. The predicted octanol–water partition coefficient (Wildman–Crippen LogP) is 0.596. The number of carbonyl (C=O) groups is 2. The van der Waals surface area contributed by atoms with E-state index >= 15 is 0 Å². The highest BCUT2D eigenvalue weighted by molar-refractivity contribution is 5.77. The van der Waals surface area contributed by atoms with E-state index in [-0.39, 0.29) is 11.1 Å². The second kappa shape index (κ2) is 6.23. The van der Waals surface area contributed by atoms with Crippen molar-refractivity contribution in [1.29, 1.82) is 0 Å². The fourth-order valence-electron chi connectivity index (χ4n) is 1.49. The zero-order valence-corrected chi connectivity index (χ0v) is 9.67. The molecule has 18 heavy (non-hydrogen) atoms. The zero-order chi connectivity index (χ0) is 13.7. The second-order valence-corrected chi connectivity index (χ2v) is 3.68. The Hall–Kier alpha value is -1.79. The summed E-state index contributed by atoms with van der Waals surface area (Å²) in [6, 6.07) is 3.18. The van der Waals surface area contributed by atoms with E-state index in [0.717, 1.165) is 19.2 Å². The molecule has 6 heteroatoms. The van der Waals surface area contributed by atoms with Gasteiger partial charge in [0.15, 0.2) is 6.29 Å². The van der Waals surface area contributed by atoms with Gasteiger partial charge in [0.2, 0.25) is 0 Å². The van der Waals surface area contributed by atoms with Crippen LogP contribution in [0.1, 0.15) is 28.4 Å². The molecule has 0 saturated heterocycles. The summed E-state index contributed by atoms with van der Waals surface area (Å²) in [7, 11) is 1.15. The van der Waals surface area contributed by atoms with Gasteiger partial charge >= 0.3 is 5.97 Å². The number of rotatable bonds is 5. The molecule has 0 fully saturated rings. The van der Waals surface area contributed by atoms with Crippen LogP contribution < -0.4 is 0 Å². The van der Waals surface area contributed by atoms with Crippen LogP contribution >= 0.6 is 0 Å². The van der Waals surface area contributed by atoms with Crippen molar-refractivity contribution in [2.24, 2.45) is 0 Å². The van der Waals surface area contributed by atoms with Crippen molar-refractivity contribution in [3.05, 3.63) is 35.1 Å². The average Bonchev–Trinajstić information content (AvgIpc) is 2.37. The van der Waals surface area contributed by atoms with Crippen LogP contribution in [0.3, 0.4) is 0 Å². The SMILES string of the molecule is COC(=O)CC(O)C(O)c1ccc(F)cc1C=O. The molecule has 0 aromatic heterocycles. The van der Waals surface area contributed by atoms with E-state index in [1.165, 1.54) is 6.07 Å². The van der Waals surface area contributed by atoms with Crippen molar-refractivity contribution >= 4 is 12.3 Å². The number of aliphatic hydroxyl groups is 2. The van der Waals surface area contributed by atoms with Gasteiger partial charge < -0.3 is 14.9 Å². The molecule has 2 unspecified atom stereocenters. The number of aliphatic hydroxyl groups excluding tert-OH is 2. The standard InChI is InChI=1S/C12H13FO5/c1-18-11(16)5-10(15)12(17)9-3-2-8(13)4-7(9)6-14/h2-4,6,10,12,15,17H,5H2,1H3. The summed E-state index contributed by atoms with van der Waals surface area (Å²) in [6.45, 7) is 0. The highest BCUT2D eigenvalue weighted by Crippen LogP contribution is 2.22. The topological polar surface area (TPSA) is 83.8 Å². The molecule has 0 spiro atoms. The van der Waals surface area contributed by atoms with Gasteiger partial charge in [-0.2, -0.15) is 0 Å². The molecule has 0 amide bonds. The van der Waals surface area contributed by atoms with Crippen LogP contribution in [0.4, 0.5) is 4.39 Å². The normalized spacial score (nSPS) is 13.8. The first-order valence-corrected chi connectivity index (χ1v) is 5.17. The summed E-state index contributed by atoms with van der Waals surface area (Å²) in [5.74, 6) is -1.33. The lowest BCUT2D eigenvalue weighted by Gasteiger charge is -2.18. The molecule has 2 N–H and O–H groups in total. The van der Waals surface area contributed by atoms with Gasteiger partial charge in [-0.3, -0.25) is 9.59 Å². The van der Waals surface area contributed by atoms with E-state index in [9.17, 15) is 24.2 Å². The fourth-order valence-corrected chi connectivity index (χ4v) is 1.49. The first kappa shape index (κ1) is 14.3. The Morgan fingerprint density at radius 1 is 1.50 bits per heavy atom. The third-order valence-corrected chi connectivity index (χ3v) is 2.46. The van der Waals surface area contributed by atoms with Crippen molar-refractivity contribution in [3.63, 3.8) is 0 Å². The van der Waals surface area contributed by atoms with E-state index in [0.29, 0.717) is 6.29 Å². The summed E-state index contributed by atoms with van der Waals surface area (Å²) in [6.07, 6.45) is -2.95. The molecule has 0 heterocycles. The fraction of sp³-hybridized carbons (Fsp3) is 0.333. The molecule has 0 saturated carbocycles. The summed E-state index contributed by atoms with van der Waals surface area (Å²) in [5.41, 5.74) is -0.0192. The predicted molar refractivity (Wildman–Crippen MR) is 59.4 cm³/mol. The third kappa shape index (κ3) is 3.35. The van der Waals surface area contributed by atoms with E-state index in [4.69, 9.17) is 0 Å². The Bertz CT molecular complexity index is 446. The first-order valence-electron chi connectivity index (χ1n) is 5.17. The van der Waals surface area contributed by atoms with Crippen LogP contribution in [0.5, 0.6) is 0 Å². The number of methoxy groups -OCH3 is 1. The van der Waals surface area contributed by atoms with Crippen molar-refractivity contribution in [2.45, 2.75) is 18.6 Å². The lowest BCUT2D eigenvalue weighted by atomic mass is 9.97. The van der Waals surface area contributed by atoms with E-state index in [2.05, 4.69) is 4.74 Å². The molecule has 0 aliphatic rings. The number of ether oxygens (including phenoxy) is 1. The smallest absolute Gasteiger partial charge is 0.308 e. The highest BCUT2D eigenvalue weighted by atomic mass is 19.1. The number of halogens is 1. The maximum atomic E-state index is 12.9. The molecule has 0 aliphatic carbocycles. The van der Waals surface area contributed by atoms with Gasteiger partial charge in [-0.1, -0.05) is 6.07 Å². The highest BCUT2D eigenvalue weighted by Gasteiger charge is 2.24. The monoisotopic (exact) mass is 256 g/mol. The first-order chi connectivity index (χ1) is 8.49. The summed E-state index contributed by atoms with van der Waals surface area (Å²) in [5, 5.41) is 19.4. The van der Waals surface area contributed by atoms with Crippen molar-refractivity contribution < 1.29 is 28.9 Å². The van der Waals surface area contributed by atoms with E-state index in [1.807, 2.05) is 0 Å². The van der Waals surface area contributed by atoms with Gasteiger partial charge in [-0.05, 0) is 17.7 Å². The average molecular weight is 256 g/mol. The Labute approximate surface area is 103 Å². The van der Waals surface area contributed by atoms with Crippen LogP contribution in [0.25, 0.3) is 0 Å². The number of carbonyl (C=O) groups excluding carboxylic acids is 2. The molecule has 5 nitrogen and oxygen atoms in total. The lowest BCUT2D eigenvalue weighted by Crippen LogP contribution is -2.23. The van der Waals surface area contributed by atoms with Crippen molar-refractivity contribution in [3.8, 4) is 0 Å². The molecule has 1 rings (SSSR count). The Kier molecular flexibility index (Phi) is 4.94. The second-order valence-electron chi connectivity index (χ2n) is 3.68. The molecule has 1 aromatic carbocycles. The van der Waals surface area contributed by atoms with Crippen molar-refractivity contribution in [2.75, 3.05) is 7.11 Å². The quantitative estimate of drug-likeness (QED) is 0.595. The van der Waals surface area contributed by atoms with Crippen LogP contribution in [0, 0.1) is 5.82 Å². The number of esters is 1. The summed E-state index contributed by atoms with van der Waals surface area (Å²) >= 11 is 0.